The van der Waals surface area contributed by atoms with Crippen LogP contribution in [0, 0.1) is 5.82 Å². The van der Waals surface area contributed by atoms with Gasteiger partial charge in [-0.1, -0.05) is 12.1 Å². The molecule has 3 rings (SSSR count). The number of halogens is 3. The summed E-state index contributed by atoms with van der Waals surface area (Å²) in [6.07, 6.45) is 3.38. The van der Waals surface area contributed by atoms with E-state index in [0.717, 1.165) is 25.0 Å². The normalized spacial score (nSPS) is 15.0. The number of aromatic amines is 1. The van der Waals surface area contributed by atoms with Crippen molar-refractivity contribution >= 4 is 11.7 Å². The highest BCUT2D eigenvalue weighted by molar-refractivity contribution is 5.96. The Labute approximate surface area is 118 Å². The zero-order valence-corrected chi connectivity index (χ0v) is 10.9. The Kier molecular flexibility index (Phi) is 3.19. The van der Waals surface area contributed by atoms with Crippen LogP contribution in [0.4, 0.5) is 19.0 Å². The number of hydrogen-bond acceptors (Lipinski definition) is 2. The van der Waals surface area contributed by atoms with Crippen LogP contribution in [0.1, 0.15) is 29.9 Å². The van der Waals surface area contributed by atoms with Gasteiger partial charge in [0.05, 0.1) is 11.8 Å². The van der Waals surface area contributed by atoms with Gasteiger partial charge in [0.15, 0.2) is 0 Å². The van der Waals surface area contributed by atoms with Crippen molar-refractivity contribution in [1.29, 1.82) is 0 Å². The molecule has 0 bridgehead atoms. The minimum absolute atomic E-state index is 0.151. The number of amides is 1. The van der Waals surface area contributed by atoms with E-state index in [0.29, 0.717) is 5.56 Å². The van der Waals surface area contributed by atoms with Crippen LogP contribution in [0.15, 0.2) is 30.5 Å². The first kappa shape index (κ1) is 13.7. The fourth-order valence-electron chi connectivity index (χ4n) is 2.13. The van der Waals surface area contributed by atoms with Crippen LogP contribution in [0.3, 0.4) is 0 Å². The Balaban J connectivity index is 1.84. The summed E-state index contributed by atoms with van der Waals surface area (Å²) < 4.78 is 41.6. The van der Waals surface area contributed by atoms with Crippen molar-refractivity contribution in [3.05, 3.63) is 47.4 Å². The van der Waals surface area contributed by atoms with Gasteiger partial charge in [-0.05, 0) is 30.9 Å². The molecule has 1 amide bonds. The number of nitrogens with one attached hydrogen (secondary N) is 2. The first-order valence-corrected chi connectivity index (χ1v) is 6.47. The summed E-state index contributed by atoms with van der Waals surface area (Å²) in [5.41, 5.74) is -0.248. The van der Waals surface area contributed by atoms with E-state index in [1.807, 2.05) is 0 Å². The van der Waals surface area contributed by atoms with E-state index in [9.17, 15) is 18.0 Å². The molecule has 1 aliphatic rings. The lowest BCUT2D eigenvalue weighted by atomic mass is 10.1. The second kappa shape index (κ2) is 4.91. The van der Waals surface area contributed by atoms with E-state index < -0.39 is 23.2 Å². The maximum Gasteiger partial charge on any atom is 0.352 e. The minimum atomic E-state index is -3.96. The van der Waals surface area contributed by atoms with Crippen LogP contribution in [-0.2, 0) is 10.7 Å². The molecule has 0 atom stereocenters. The van der Waals surface area contributed by atoms with Gasteiger partial charge in [0.25, 0.3) is 0 Å². The summed E-state index contributed by atoms with van der Waals surface area (Å²) in [6, 6.07) is 4.32. The second-order valence-corrected chi connectivity index (χ2v) is 4.98. The van der Waals surface area contributed by atoms with Crippen molar-refractivity contribution in [3.8, 4) is 0 Å². The molecule has 0 saturated heterocycles. The van der Waals surface area contributed by atoms with Crippen molar-refractivity contribution in [2.24, 2.45) is 0 Å². The molecule has 2 aromatic rings. The van der Waals surface area contributed by atoms with Crippen molar-refractivity contribution < 1.29 is 18.0 Å². The van der Waals surface area contributed by atoms with Crippen molar-refractivity contribution in [2.75, 3.05) is 5.32 Å². The Bertz CT molecular complexity index is 680. The van der Waals surface area contributed by atoms with Crippen LogP contribution in [0.5, 0.6) is 0 Å². The molecule has 1 saturated carbocycles. The van der Waals surface area contributed by atoms with E-state index in [1.165, 1.54) is 18.3 Å². The third kappa shape index (κ3) is 2.51. The Hall–Kier alpha value is -2.31. The van der Waals surface area contributed by atoms with Crippen molar-refractivity contribution in [2.45, 2.75) is 24.7 Å². The fourth-order valence-corrected chi connectivity index (χ4v) is 2.13. The lowest BCUT2D eigenvalue weighted by Gasteiger charge is -2.16. The Morgan fingerprint density at radius 2 is 2.05 bits per heavy atom. The predicted molar refractivity (Wildman–Crippen MR) is 69.5 cm³/mol. The highest BCUT2D eigenvalue weighted by atomic mass is 19.3. The fraction of sp³-hybridized carbons (Fsp3) is 0.286. The Morgan fingerprint density at radius 3 is 2.71 bits per heavy atom. The summed E-state index contributed by atoms with van der Waals surface area (Å²) in [5.74, 6) is -6.28. The molecule has 21 heavy (non-hydrogen) atoms. The molecule has 1 aliphatic carbocycles. The van der Waals surface area contributed by atoms with E-state index in [1.54, 1.807) is 0 Å². The van der Waals surface area contributed by atoms with E-state index in [-0.39, 0.29) is 11.7 Å². The maximum atomic E-state index is 14.1. The molecule has 1 aromatic carbocycles. The van der Waals surface area contributed by atoms with Gasteiger partial charge in [0, 0.05) is 5.56 Å². The number of alkyl halides is 2. The zero-order chi connectivity index (χ0) is 15.0. The molecule has 1 aromatic heterocycles. The zero-order valence-electron chi connectivity index (χ0n) is 10.9. The van der Waals surface area contributed by atoms with Crippen LogP contribution >= 0.6 is 0 Å². The SMILES string of the molecule is O=C(Nc1[nH]ncc1C1CC1)C(F)(F)c1ccccc1F. The predicted octanol–water partition coefficient (Wildman–Crippen LogP) is 3.16. The average molecular weight is 295 g/mol. The largest absolute Gasteiger partial charge is 0.352 e. The van der Waals surface area contributed by atoms with Crippen LogP contribution < -0.4 is 5.32 Å². The van der Waals surface area contributed by atoms with Crippen LogP contribution in [-0.4, -0.2) is 16.1 Å². The number of anilines is 1. The summed E-state index contributed by atoms with van der Waals surface area (Å²) in [4.78, 5) is 11.8. The second-order valence-electron chi connectivity index (χ2n) is 4.98. The molecule has 0 spiro atoms. The molecule has 110 valence electrons. The van der Waals surface area contributed by atoms with Gasteiger partial charge in [0.1, 0.15) is 11.6 Å². The minimum Gasteiger partial charge on any atom is -0.305 e. The van der Waals surface area contributed by atoms with E-state index >= 15 is 0 Å². The number of aromatic nitrogens is 2. The molecule has 4 nitrogen and oxygen atoms in total. The molecule has 0 unspecified atom stereocenters. The summed E-state index contributed by atoms with van der Waals surface area (Å²) >= 11 is 0. The molecule has 0 radical (unpaired) electrons. The monoisotopic (exact) mass is 295 g/mol. The van der Waals surface area contributed by atoms with Gasteiger partial charge in [0.2, 0.25) is 0 Å². The summed E-state index contributed by atoms with van der Waals surface area (Å²) in [6.45, 7) is 0. The highest BCUT2D eigenvalue weighted by Gasteiger charge is 2.43. The molecule has 7 heteroatoms. The first-order chi connectivity index (χ1) is 10.00. The average Bonchev–Trinajstić information content (AvgIpc) is 3.19. The smallest absolute Gasteiger partial charge is 0.305 e. The van der Waals surface area contributed by atoms with E-state index in [2.05, 4.69) is 15.5 Å². The number of hydrogen-bond donors (Lipinski definition) is 2. The number of carbonyl (C=O) groups excluding carboxylic acids is 1. The van der Waals surface area contributed by atoms with Gasteiger partial charge in [-0.15, -0.1) is 0 Å². The summed E-state index contributed by atoms with van der Waals surface area (Å²) in [5, 5.41) is 8.34. The number of benzene rings is 1. The molecule has 1 heterocycles. The van der Waals surface area contributed by atoms with Crippen molar-refractivity contribution in [3.63, 3.8) is 0 Å². The topological polar surface area (TPSA) is 57.8 Å². The van der Waals surface area contributed by atoms with Gasteiger partial charge < -0.3 is 5.32 Å². The van der Waals surface area contributed by atoms with Crippen LogP contribution in [0.25, 0.3) is 0 Å². The third-order valence-electron chi connectivity index (χ3n) is 3.42. The molecule has 2 N–H and O–H groups in total. The molecular weight excluding hydrogens is 283 g/mol. The maximum absolute atomic E-state index is 14.1. The van der Waals surface area contributed by atoms with Gasteiger partial charge in [-0.2, -0.15) is 13.9 Å². The van der Waals surface area contributed by atoms with Crippen molar-refractivity contribution in [1.82, 2.24) is 10.2 Å². The number of rotatable bonds is 4. The van der Waals surface area contributed by atoms with Gasteiger partial charge >= 0.3 is 11.8 Å². The molecule has 1 fully saturated rings. The lowest BCUT2D eigenvalue weighted by Crippen LogP contribution is -2.33. The Morgan fingerprint density at radius 1 is 1.33 bits per heavy atom. The quantitative estimate of drug-likeness (QED) is 0.910. The number of nitrogens with zero attached hydrogens (tertiary/aromatic N) is 1. The lowest BCUT2D eigenvalue weighted by molar-refractivity contribution is -0.141. The number of carbonyl (C=O) groups is 1. The molecule has 0 aliphatic heterocycles. The highest BCUT2D eigenvalue weighted by Crippen LogP contribution is 2.43. The van der Waals surface area contributed by atoms with Gasteiger partial charge in [-0.25, -0.2) is 4.39 Å². The third-order valence-corrected chi connectivity index (χ3v) is 3.42. The van der Waals surface area contributed by atoms with Crippen LogP contribution in [0.2, 0.25) is 0 Å². The number of H-pyrrole nitrogens is 1. The van der Waals surface area contributed by atoms with E-state index in [4.69, 9.17) is 0 Å². The standard InChI is InChI=1S/C14H12F3N3O/c15-11-4-2-1-3-10(11)14(16,17)13(21)19-12-9(7-18-20-12)8-5-6-8/h1-4,7-8H,5-6H2,(H2,18,19,20,21). The van der Waals surface area contributed by atoms with Gasteiger partial charge in [-0.3, -0.25) is 9.89 Å². The molecular formula is C14H12F3N3O. The summed E-state index contributed by atoms with van der Waals surface area (Å²) in [7, 11) is 0. The first-order valence-electron chi connectivity index (χ1n) is 6.47.